The molecule has 1 nitrogen and oxygen atoms in total. The van der Waals surface area contributed by atoms with Gasteiger partial charge in [0.05, 0.1) is 0 Å². The maximum atomic E-state index is 6.85. The summed E-state index contributed by atoms with van der Waals surface area (Å²) in [5.41, 5.74) is 2.72. The van der Waals surface area contributed by atoms with Gasteiger partial charge in [-0.2, -0.15) is 0 Å². The van der Waals surface area contributed by atoms with Crippen LogP contribution in [0.2, 0.25) is 8.87 Å². The third-order valence-electron chi connectivity index (χ3n) is 4.55. The van der Waals surface area contributed by atoms with Gasteiger partial charge in [0.1, 0.15) is 0 Å². The molecule has 2 aromatic carbocycles. The predicted molar refractivity (Wildman–Crippen MR) is 107 cm³/mol. The summed E-state index contributed by atoms with van der Waals surface area (Å²) in [4.78, 5) is 0. The van der Waals surface area contributed by atoms with Crippen molar-refractivity contribution in [2.24, 2.45) is 0 Å². The average Bonchev–Trinajstić information content (AvgIpc) is 2.64. The van der Waals surface area contributed by atoms with E-state index in [0.717, 1.165) is 6.42 Å². The fourth-order valence-electron chi connectivity index (χ4n) is 3.12. The van der Waals surface area contributed by atoms with Crippen LogP contribution in [-0.4, -0.2) is 20.2 Å². The topological polar surface area (TPSA) is 9.23 Å². The molecule has 0 saturated carbocycles. The standard InChI is InChI=1S/C14H13O.2C4H9.Sn.H/c15-14(13-9-5-2-6-10-13)11-12-7-3-1-4-8-12;2*1-3-4-2;;/h1-10,14H,11H2;2*1,3-4H2,2H3;;/q-1;;;+1;. The first-order chi connectivity index (χ1) is 11.8. The number of hydrogen-bond acceptors (Lipinski definition) is 1. The van der Waals surface area contributed by atoms with Crippen molar-refractivity contribution >= 4 is 20.2 Å². The minimum absolute atomic E-state index is 0.239. The third-order valence-corrected chi connectivity index (χ3v) is 12.6. The molecule has 0 aliphatic rings. The van der Waals surface area contributed by atoms with Gasteiger partial charge in [-0.15, -0.1) is 0 Å². The summed E-state index contributed by atoms with van der Waals surface area (Å²) >= 11 is -1.91. The molecule has 2 heteroatoms. The molecular weight excluding hydrogens is 399 g/mol. The Bertz CT molecular complexity index is 532. The molecule has 0 N–H and O–H groups in total. The first kappa shape index (κ1) is 19.5. The molecule has 0 spiro atoms. The zero-order chi connectivity index (χ0) is 17.0. The molecule has 0 fully saturated rings. The molecule has 0 heterocycles. The maximum absolute atomic E-state index is 6.85. The van der Waals surface area contributed by atoms with Gasteiger partial charge in [0.15, 0.2) is 0 Å². The van der Waals surface area contributed by atoms with Gasteiger partial charge >= 0.3 is 156 Å². The average molecular weight is 431 g/mol. The Morgan fingerprint density at radius 2 is 1.33 bits per heavy atom. The third kappa shape index (κ3) is 6.98. The van der Waals surface area contributed by atoms with E-state index in [9.17, 15) is 0 Å². The Hall–Kier alpha value is -0.801. The second kappa shape index (κ2) is 11.7. The molecule has 130 valence electrons. The van der Waals surface area contributed by atoms with Gasteiger partial charge in [-0.25, -0.2) is 0 Å². The molecule has 24 heavy (non-hydrogen) atoms. The van der Waals surface area contributed by atoms with Gasteiger partial charge in [0.2, 0.25) is 0 Å². The Kier molecular flexibility index (Phi) is 9.52. The Morgan fingerprint density at radius 3 is 1.88 bits per heavy atom. The van der Waals surface area contributed by atoms with E-state index in [0.29, 0.717) is 0 Å². The van der Waals surface area contributed by atoms with Crippen LogP contribution in [0.4, 0.5) is 0 Å². The van der Waals surface area contributed by atoms with Crippen molar-refractivity contribution in [3.63, 3.8) is 0 Å². The van der Waals surface area contributed by atoms with Crippen LogP contribution in [0.5, 0.6) is 0 Å². The zero-order valence-electron chi connectivity index (χ0n) is 15.3. The van der Waals surface area contributed by atoms with E-state index < -0.39 is 20.2 Å². The second-order valence-electron chi connectivity index (χ2n) is 6.63. The molecule has 0 bridgehead atoms. The molecule has 1 atom stereocenters. The number of unbranched alkanes of at least 4 members (excludes halogenated alkanes) is 2. The van der Waals surface area contributed by atoms with Crippen LogP contribution in [0.15, 0.2) is 60.7 Å². The van der Waals surface area contributed by atoms with Crippen molar-refractivity contribution in [3.05, 3.63) is 71.8 Å². The molecule has 0 amide bonds. The first-order valence-corrected chi connectivity index (χ1v) is 15.6. The van der Waals surface area contributed by atoms with Crippen LogP contribution >= 0.6 is 0 Å². The van der Waals surface area contributed by atoms with Gasteiger partial charge < -0.3 is 0 Å². The summed E-state index contributed by atoms with van der Waals surface area (Å²) in [6.45, 7) is 4.59. The quantitative estimate of drug-likeness (QED) is 0.379. The van der Waals surface area contributed by atoms with Crippen LogP contribution in [-0.2, 0) is 9.49 Å². The Labute approximate surface area is 155 Å². The van der Waals surface area contributed by atoms with E-state index in [2.05, 4.69) is 74.5 Å². The van der Waals surface area contributed by atoms with Crippen LogP contribution in [0.25, 0.3) is 0 Å². The van der Waals surface area contributed by atoms with Crippen molar-refractivity contribution in [1.82, 2.24) is 0 Å². The Morgan fingerprint density at radius 1 is 0.792 bits per heavy atom. The van der Waals surface area contributed by atoms with Crippen molar-refractivity contribution in [1.29, 1.82) is 0 Å². The number of hydrogen-bond donors (Lipinski definition) is 0. The van der Waals surface area contributed by atoms with Gasteiger partial charge in [-0.1, -0.05) is 0 Å². The van der Waals surface area contributed by atoms with Crippen LogP contribution in [0.1, 0.15) is 56.8 Å². The van der Waals surface area contributed by atoms with E-state index in [1.165, 1.54) is 45.7 Å². The summed E-state index contributed by atoms with van der Waals surface area (Å²) in [5.74, 6) is 0. The second-order valence-corrected chi connectivity index (χ2v) is 14.3. The van der Waals surface area contributed by atoms with Gasteiger partial charge in [-0.3, -0.25) is 0 Å². The van der Waals surface area contributed by atoms with E-state index in [4.69, 9.17) is 3.07 Å². The van der Waals surface area contributed by atoms with Crippen LogP contribution in [0.3, 0.4) is 0 Å². The Balaban J connectivity index is 2.11. The van der Waals surface area contributed by atoms with Gasteiger partial charge in [-0.05, 0) is 0 Å². The zero-order valence-corrected chi connectivity index (χ0v) is 18.6. The first-order valence-electron chi connectivity index (χ1n) is 9.57. The summed E-state index contributed by atoms with van der Waals surface area (Å²) in [5, 5.41) is 0. The summed E-state index contributed by atoms with van der Waals surface area (Å²) in [7, 11) is 0. The molecule has 0 saturated heterocycles. The van der Waals surface area contributed by atoms with Crippen molar-refractivity contribution in [2.75, 3.05) is 0 Å². The van der Waals surface area contributed by atoms with Gasteiger partial charge in [0, 0.05) is 0 Å². The fourth-order valence-corrected chi connectivity index (χ4v) is 11.7. The number of benzene rings is 2. The molecule has 0 aliphatic heterocycles. The molecule has 0 aromatic heterocycles. The SMILES string of the molecule is CCC[CH2][SnH]([CH2]CCC)[O]C(Cc1ccccc1)c1ccccc1. The fraction of sp³-hybridized carbons (Fsp3) is 0.455. The summed E-state index contributed by atoms with van der Waals surface area (Å²) in [6, 6.07) is 21.6. The summed E-state index contributed by atoms with van der Waals surface area (Å²) in [6.07, 6.45) is 6.50. The monoisotopic (exact) mass is 432 g/mol. The molecule has 2 aromatic rings. The van der Waals surface area contributed by atoms with Crippen LogP contribution < -0.4 is 0 Å². The van der Waals surface area contributed by atoms with Crippen molar-refractivity contribution in [3.8, 4) is 0 Å². The van der Waals surface area contributed by atoms with Crippen molar-refractivity contribution in [2.45, 2.75) is 60.9 Å². The van der Waals surface area contributed by atoms with E-state index >= 15 is 0 Å². The van der Waals surface area contributed by atoms with Crippen LogP contribution in [0, 0.1) is 0 Å². The normalized spacial score (nSPS) is 12.5. The van der Waals surface area contributed by atoms with E-state index in [-0.39, 0.29) is 6.10 Å². The molecule has 2 rings (SSSR count). The summed E-state index contributed by atoms with van der Waals surface area (Å²) < 4.78 is 9.63. The van der Waals surface area contributed by atoms with E-state index in [1.54, 1.807) is 0 Å². The molecular formula is C22H32OSn. The molecule has 0 aliphatic carbocycles. The molecule has 0 radical (unpaired) electrons. The van der Waals surface area contributed by atoms with E-state index in [1.807, 2.05) is 0 Å². The minimum atomic E-state index is -1.91. The van der Waals surface area contributed by atoms with Gasteiger partial charge in [0.25, 0.3) is 0 Å². The van der Waals surface area contributed by atoms with Crippen molar-refractivity contribution < 1.29 is 3.07 Å². The predicted octanol–water partition coefficient (Wildman–Crippen LogP) is 6.31. The molecule has 1 unspecified atom stereocenters. The number of rotatable bonds is 11.